The Labute approximate surface area is 129 Å². The van der Waals surface area contributed by atoms with Crippen LogP contribution in [0, 0.1) is 11.3 Å². The van der Waals surface area contributed by atoms with Gasteiger partial charge in [-0.15, -0.1) is 0 Å². The number of nitriles is 1. The highest BCUT2D eigenvalue weighted by Gasteiger charge is 2.02. The average molecular weight is 287 g/mol. The molecular weight excluding hydrogens is 274 g/mol. The van der Waals surface area contributed by atoms with Gasteiger partial charge in [0.15, 0.2) is 0 Å². The summed E-state index contributed by atoms with van der Waals surface area (Å²) in [5.41, 5.74) is 0.564. The minimum Gasteiger partial charge on any atom is -0.457 e. The van der Waals surface area contributed by atoms with Gasteiger partial charge >= 0.3 is 0 Å². The summed E-state index contributed by atoms with van der Waals surface area (Å²) in [6.07, 6.45) is 0. The molecule has 0 fully saturated rings. The van der Waals surface area contributed by atoms with E-state index in [-0.39, 0.29) is 0 Å². The standard InChI is InChI=1S/C19H13NO2/c20-14-15-6-4-9-17(12-15)22-19-11-5-10-18(13-19)21-16-7-2-1-3-8-16/h1-13H. The van der Waals surface area contributed by atoms with E-state index in [0.29, 0.717) is 22.8 Å². The van der Waals surface area contributed by atoms with Crippen molar-refractivity contribution < 1.29 is 9.47 Å². The molecule has 0 aliphatic rings. The zero-order chi connectivity index (χ0) is 15.2. The second kappa shape index (κ2) is 6.47. The van der Waals surface area contributed by atoms with E-state index < -0.39 is 0 Å². The van der Waals surface area contributed by atoms with Crippen LogP contribution in [0.2, 0.25) is 0 Å². The van der Waals surface area contributed by atoms with Crippen molar-refractivity contribution in [2.24, 2.45) is 0 Å². The zero-order valence-electron chi connectivity index (χ0n) is 11.8. The Morgan fingerprint density at radius 3 is 1.82 bits per heavy atom. The lowest BCUT2D eigenvalue weighted by Crippen LogP contribution is -1.87. The zero-order valence-corrected chi connectivity index (χ0v) is 11.8. The van der Waals surface area contributed by atoms with Crippen LogP contribution >= 0.6 is 0 Å². The summed E-state index contributed by atoms with van der Waals surface area (Å²) < 4.78 is 11.5. The lowest BCUT2D eigenvalue weighted by Gasteiger charge is -2.09. The molecule has 0 aromatic heterocycles. The van der Waals surface area contributed by atoms with Crippen LogP contribution in [0.25, 0.3) is 0 Å². The molecule has 3 heteroatoms. The summed E-state index contributed by atoms with van der Waals surface area (Å²) >= 11 is 0. The van der Waals surface area contributed by atoms with Gasteiger partial charge in [0, 0.05) is 6.07 Å². The normalized spacial score (nSPS) is 9.77. The van der Waals surface area contributed by atoms with Gasteiger partial charge < -0.3 is 9.47 Å². The first-order valence-corrected chi connectivity index (χ1v) is 6.84. The van der Waals surface area contributed by atoms with Crippen molar-refractivity contribution in [1.82, 2.24) is 0 Å². The molecule has 0 heterocycles. The van der Waals surface area contributed by atoms with Crippen LogP contribution in [0.5, 0.6) is 23.0 Å². The van der Waals surface area contributed by atoms with Crippen LogP contribution in [0.1, 0.15) is 5.56 Å². The SMILES string of the molecule is N#Cc1cccc(Oc2cccc(Oc3ccccc3)c2)c1. The smallest absolute Gasteiger partial charge is 0.131 e. The highest BCUT2D eigenvalue weighted by molar-refractivity contribution is 5.41. The van der Waals surface area contributed by atoms with E-state index in [1.54, 1.807) is 18.2 Å². The van der Waals surface area contributed by atoms with E-state index in [2.05, 4.69) is 6.07 Å². The summed E-state index contributed by atoms with van der Waals surface area (Å²) in [7, 11) is 0. The quantitative estimate of drug-likeness (QED) is 0.667. The Hall–Kier alpha value is -3.25. The molecule has 0 unspecified atom stereocenters. The van der Waals surface area contributed by atoms with Gasteiger partial charge in [-0.1, -0.05) is 30.3 Å². The monoisotopic (exact) mass is 287 g/mol. The van der Waals surface area contributed by atoms with E-state index in [0.717, 1.165) is 5.75 Å². The third-order valence-electron chi connectivity index (χ3n) is 2.98. The van der Waals surface area contributed by atoms with Crippen LogP contribution in [-0.4, -0.2) is 0 Å². The Kier molecular flexibility index (Phi) is 4.03. The largest absolute Gasteiger partial charge is 0.457 e. The van der Waals surface area contributed by atoms with Crippen LogP contribution < -0.4 is 9.47 Å². The van der Waals surface area contributed by atoms with E-state index in [1.165, 1.54) is 0 Å². The first-order chi connectivity index (χ1) is 10.8. The van der Waals surface area contributed by atoms with Gasteiger partial charge in [0.2, 0.25) is 0 Å². The molecule has 3 rings (SSSR count). The number of nitrogens with zero attached hydrogens (tertiary/aromatic N) is 1. The van der Waals surface area contributed by atoms with Gasteiger partial charge in [-0.3, -0.25) is 0 Å². The molecule has 3 nitrogen and oxygen atoms in total. The molecule has 0 saturated carbocycles. The fraction of sp³-hybridized carbons (Fsp3) is 0. The van der Waals surface area contributed by atoms with Gasteiger partial charge in [0.05, 0.1) is 11.6 Å². The molecule has 3 aromatic carbocycles. The fourth-order valence-corrected chi connectivity index (χ4v) is 1.99. The maximum atomic E-state index is 8.91. The fourth-order valence-electron chi connectivity index (χ4n) is 1.99. The van der Waals surface area contributed by atoms with Crippen LogP contribution in [0.15, 0.2) is 78.9 Å². The van der Waals surface area contributed by atoms with Crippen LogP contribution in [-0.2, 0) is 0 Å². The number of para-hydroxylation sites is 1. The molecule has 0 amide bonds. The molecule has 0 N–H and O–H groups in total. The number of benzene rings is 3. The van der Waals surface area contributed by atoms with E-state index in [1.807, 2.05) is 60.7 Å². The summed E-state index contributed by atoms with van der Waals surface area (Å²) in [6, 6.07) is 26.1. The van der Waals surface area contributed by atoms with E-state index in [4.69, 9.17) is 14.7 Å². The number of rotatable bonds is 4. The van der Waals surface area contributed by atoms with Gasteiger partial charge in [-0.2, -0.15) is 5.26 Å². The molecule has 0 aliphatic heterocycles. The Bertz CT molecular complexity index is 807. The van der Waals surface area contributed by atoms with Gasteiger partial charge in [0.25, 0.3) is 0 Å². The van der Waals surface area contributed by atoms with Gasteiger partial charge in [0.1, 0.15) is 23.0 Å². The summed E-state index contributed by atoms with van der Waals surface area (Å²) in [5.74, 6) is 2.74. The number of ether oxygens (including phenoxy) is 2. The minimum absolute atomic E-state index is 0.564. The molecule has 0 bridgehead atoms. The highest BCUT2D eigenvalue weighted by atomic mass is 16.5. The molecule has 0 atom stereocenters. The lowest BCUT2D eigenvalue weighted by molar-refractivity contribution is 0.460. The van der Waals surface area contributed by atoms with Crippen LogP contribution in [0.4, 0.5) is 0 Å². The molecule has 0 spiro atoms. The maximum Gasteiger partial charge on any atom is 0.131 e. The summed E-state index contributed by atoms with van der Waals surface area (Å²) in [4.78, 5) is 0. The molecule has 22 heavy (non-hydrogen) atoms. The molecular formula is C19H13NO2. The van der Waals surface area contributed by atoms with E-state index in [9.17, 15) is 0 Å². The van der Waals surface area contributed by atoms with Crippen molar-refractivity contribution in [2.75, 3.05) is 0 Å². The van der Waals surface area contributed by atoms with Crippen molar-refractivity contribution in [3.05, 3.63) is 84.4 Å². The molecule has 106 valence electrons. The lowest BCUT2D eigenvalue weighted by atomic mass is 10.2. The van der Waals surface area contributed by atoms with Gasteiger partial charge in [-0.25, -0.2) is 0 Å². The Morgan fingerprint density at radius 2 is 1.14 bits per heavy atom. The Balaban J connectivity index is 1.78. The summed E-state index contributed by atoms with van der Waals surface area (Å²) in [6.45, 7) is 0. The number of hydrogen-bond donors (Lipinski definition) is 0. The Morgan fingerprint density at radius 1 is 0.591 bits per heavy atom. The molecule has 0 radical (unpaired) electrons. The number of hydrogen-bond acceptors (Lipinski definition) is 3. The first kappa shape index (κ1) is 13.7. The third-order valence-corrected chi connectivity index (χ3v) is 2.98. The first-order valence-electron chi connectivity index (χ1n) is 6.84. The molecule has 0 saturated heterocycles. The minimum atomic E-state index is 0.564. The van der Waals surface area contributed by atoms with Crippen molar-refractivity contribution in [3.63, 3.8) is 0 Å². The summed E-state index contributed by atoms with van der Waals surface area (Å²) in [5, 5.41) is 8.91. The van der Waals surface area contributed by atoms with Gasteiger partial charge in [-0.05, 0) is 42.5 Å². The van der Waals surface area contributed by atoms with Crippen molar-refractivity contribution >= 4 is 0 Å². The maximum absolute atomic E-state index is 8.91. The van der Waals surface area contributed by atoms with E-state index >= 15 is 0 Å². The third kappa shape index (κ3) is 3.44. The van der Waals surface area contributed by atoms with Crippen molar-refractivity contribution in [2.45, 2.75) is 0 Å². The highest BCUT2D eigenvalue weighted by Crippen LogP contribution is 2.28. The van der Waals surface area contributed by atoms with Crippen molar-refractivity contribution in [1.29, 1.82) is 5.26 Å². The second-order valence-electron chi connectivity index (χ2n) is 4.63. The topological polar surface area (TPSA) is 42.2 Å². The van der Waals surface area contributed by atoms with Crippen molar-refractivity contribution in [3.8, 4) is 29.1 Å². The predicted octanol–water partition coefficient (Wildman–Crippen LogP) is 5.14. The molecule has 3 aromatic rings. The molecule has 0 aliphatic carbocycles. The van der Waals surface area contributed by atoms with Crippen LogP contribution in [0.3, 0.4) is 0 Å². The second-order valence-corrected chi connectivity index (χ2v) is 4.63. The predicted molar refractivity (Wildman–Crippen MR) is 84.2 cm³/mol. The average Bonchev–Trinajstić information content (AvgIpc) is 2.56.